The molecule has 2 aromatic carbocycles. The lowest BCUT2D eigenvalue weighted by molar-refractivity contribution is -0.123. The Kier molecular flexibility index (Phi) is 8.72. The summed E-state index contributed by atoms with van der Waals surface area (Å²) in [5.41, 5.74) is 1.10. The molecule has 0 saturated heterocycles. The second-order valence-electron chi connectivity index (χ2n) is 8.39. The van der Waals surface area contributed by atoms with E-state index in [1.807, 2.05) is 6.92 Å². The maximum atomic E-state index is 14.0. The number of aromatic nitrogens is 1. The molecular formula is C26H27Cl2N3O4S. The Morgan fingerprint density at radius 3 is 2.28 bits per heavy atom. The molecule has 3 aromatic rings. The molecular weight excluding hydrogens is 521 g/mol. The number of nitrogens with zero attached hydrogens (tertiary/aromatic N) is 2. The molecule has 7 nitrogen and oxygen atoms in total. The Morgan fingerprint density at radius 1 is 1.08 bits per heavy atom. The van der Waals surface area contributed by atoms with Crippen LogP contribution in [0, 0.1) is 0 Å². The van der Waals surface area contributed by atoms with Crippen molar-refractivity contribution in [2.24, 2.45) is 0 Å². The van der Waals surface area contributed by atoms with E-state index in [0.717, 1.165) is 37.2 Å². The van der Waals surface area contributed by atoms with Crippen LogP contribution < -0.4 is 19.7 Å². The number of anilines is 1. The highest BCUT2D eigenvalue weighted by atomic mass is 35.5. The standard InChI is InChI=1S/C26H27Cl2N3O4S/c1-3-35-20-12-8-16(9-13-20)23(25(32)29-17-6-4-5-7-17)31(18-10-14-19(34-2)15-11-18)26(33)22-21(27)24(28)36-30-22/h8-15,17,23H,3-7H2,1-2H3,(H,29,32). The molecule has 0 spiro atoms. The molecule has 1 N–H and O–H groups in total. The summed E-state index contributed by atoms with van der Waals surface area (Å²) < 4.78 is 15.3. The maximum absolute atomic E-state index is 14.0. The van der Waals surface area contributed by atoms with Crippen molar-refractivity contribution >= 4 is 52.2 Å². The fourth-order valence-corrected chi connectivity index (χ4v) is 5.30. The first-order chi connectivity index (χ1) is 17.4. The molecule has 36 heavy (non-hydrogen) atoms. The van der Waals surface area contributed by atoms with Crippen LogP contribution in [0.25, 0.3) is 0 Å². The average molecular weight is 548 g/mol. The molecule has 0 bridgehead atoms. The zero-order valence-corrected chi connectivity index (χ0v) is 22.3. The van der Waals surface area contributed by atoms with Crippen LogP contribution in [0.1, 0.15) is 54.7 Å². The molecule has 1 aliphatic rings. The number of carbonyl (C=O) groups is 2. The molecule has 1 unspecified atom stereocenters. The van der Waals surface area contributed by atoms with Gasteiger partial charge in [-0.3, -0.25) is 14.5 Å². The molecule has 1 atom stereocenters. The lowest BCUT2D eigenvalue weighted by atomic mass is 10.0. The zero-order valence-electron chi connectivity index (χ0n) is 20.0. The third kappa shape index (κ3) is 5.77. The molecule has 10 heteroatoms. The minimum absolute atomic E-state index is 0.00733. The van der Waals surface area contributed by atoms with Crippen molar-refractivity contribution in [3.63, 3.8) is 0 Å². The van der Waals surface area contributed by atoms with Crippen molar-refractivity contribution < 1.29 is 19.1 Å². The summed E-state index contributed by atoms with van der Waals surface area (Å²) in [5, 5.41) is 3.21. The van der Waals surface area contributed by atoms with Crippen LogP contribution >= 0.6 is 34.7 Å². The topological polar surface area (TPSA) is 80.8 Å². The van der Waals surface area contributed by atoms with E-state index in [9.17, 15) is 9.59 Å². The van der Waals surface area contributed by atoms with Gasteiger partial charge in [-0.25, -0.2) is 0 Å². The lowest BCUT2D eigenvalue weighted by Gasteiger charge is -2.32. The maximum Gasteiger partial charge on any atom is 0.280 e. The highest BCUT2D eigenvalue weighted by Crippen LogP contribution is 2.36. The summed E-state index contributed by atoms with van der Waals surface area (Å²) in [7, 11) is 1.56. The Labute approximate surface area is 224 Å². The molecule has 0 aliphatic heterocycles. The molecule has 1 saturated carbocycles. The van der Waals surface area contributed by atoms with Gasteiger partial charge in [0.25, 0.3) is 5.91 Å². The van der Waals surface area contributed by atoms with Crippen molar-refractivity contribution in [1.82, 2.24) is 9.69 Å². The molecule has 2 amide bonds. The van der Waals surface area contributed by atoms with E-state index in [1.54, 1.807) is 55.6 Å². The van der Waals surface area contributed by atoms with E-state index < -0.39 is 11.9 Å². The van der Waals surface area contributed by atoms with E-state index in [2.05, 4.69) is 9.69 Å². The molecule has 1 fully saturated rings. The van der Waals surface area contributed by atoms with Crippen molar-refractivity contribution in [3.8, 4) is 11.5 Å². The summed E-state index contributed by atoms with van der Waals surface area (Å²) in [5.74, 6) is 0.475. The SMILES string of the molecule is CCOc1ccc(C(C(=O)NC2CCCC2)N(C(=O)c2nsc(Cl)c2Cl)c2ccc(OC)cc2)cc1. The van der Waals surface area contributed by atoms with E-state index in [1.165, 1.54) is 4.90 Å². The zero-order chi connectivity index (χ0) is 25.7. The minimum atomic E-state index is -0.987. The van der Waals surface area contributed by atoms with E-state index >= 15 is 0 Å². The van der Waals surface area contributed by atoms with Gasteiger partial charge in [-0.15, -0.1) is 0 Å². The van der Waals surface area contributed by atoms with Gasteiger partial charge in [0.05, 0.1) is 13.7 Å². The number of nitrogens with one attached hydrogen (secondary N) is 1. The van der Waals surface area contributed by atoms with Crippen molar-refractivity contribution in [2.75, 3.05) is 18.6 Å². The van der Waals surface area contributed by atoms with Gasteiger partial charge in [-0.05, 0) is 73.3 Å². The quantitative estimate of drug-likeness (QED) is 0.339. The van der Waals surface area contributed by atoms with E-state index in [4.69, 9.17) is 32.7 Å². The lowest BCUT2D eigenvalue weighted by Crippen LogP contribution is -2.46. The van der Waals surface area contributed by atoms with E-state index in [-0.39, 0.29) is 27.0 Å². The molecule has 190 valence electrons. The first kappa shape index (κ1) is 26.3. The van der Waals surface area contributed by atoms with Crippen molar-refractivity contribution in [2.45, 2.75) is 44.7 Å². The van der Waals surface area contributed by atoms with Gasteiger partial charge >= 0.3 is 0 Å². The Balaban J connectivity index is 1.82. The van der Waals surface area contributed by atoms with Crippen LogP contribution in [0.5, 0.6) is 11.5 Å². The number of rotatable bonds is 9. The summed E-state index contributed by atoms with van der Waals surface area (Å²) in [6.45, 7) is 2.42. The predicted octanol–water partition coefficient (Wildman–Crippen LogP) is 6.30. The Morgan fingerprint density at radius 2 is 1.72 bits per heavy atom. The van der Waals surface area contributed by atoms with Gasteiger partial charge in [-0.2, -0.15) is 4.37 Å². The first-order valence-corrected chi connectivity index (χ1v) is 13.3. The third-order valence-electron chi connectivity index (χ3n) is 6.08. The Bertz CT molecular complexity index is 1190. The number of ether oxygens (including phenoxy) is 2. The highest BCUT2D eigenvalue weighted by Gasteiger charge is 2.37. The first-order valence-electron chi connectivity index (χ1n) is 11.7. The molecule has 1 heterocycles. The number of halogens is 2. The second-order valence-corrected chi connectivity index (χ2v) is 10.1. The number of benzene rings is 2. The van der Waals surface area contributed by atoms with Crippen LogP contribution in [0.2, 0.25) is 9.36 Å². The number of hydrogen-bond donors (Lipinski definition) is 1. The number of methoxy groups -OCH3 is 1. The Hall–Kier alpha value is -2.81. The molecule has 1 aromatic heterocycles. The largest absolute Gasteiger partial charge is 0.497 e. The summed E-state index contributed by atoms with van der Waals surface area (Å²) in [6.07, 6.45) is 3.94. The van der Waals surface area contributed by atoms with Gasteiger partial charge < -0.3 is 14.8 Å². The minimum Gasteiger partial charge on any atom is -0.497 e. The highest BCUT2D eigenvalue weighted by molar-refractivity contribution is 7.11. The molecule has 1 aliphatic carbocycles. The number of hydrogen-bond acceptors (Lipinski definition) is 6. The van der Waals surface area contributed by atoms with Gasteiger partial charge in [0.1, 0.15) is 26.9 Å². The normalized spacial score (nSPS) is 14.3. The second kappa shape index (κ2) is 12.0. The molecule has 0 radical (unpaired) electrons. The van der Waals surface area contributed by atoms with E-state index in [0.29, 0.717) is 29.4 Å². The fourth-order valence-electron chi connectivity index (χ4n) is 4.31. The van der Waals surface area contributed by atoms with Crippen LogP contribution in [-0.4, -0.2) is 35.9 Å². The van der Waals surface area contributed by atoms with Crippen molar-refractivity contribution in [3.05, 3.63) is 69.1 Å². The van der Waals surface area contributed by atoms with Gasteiger partial charge in [0.15, 0.2) is 5.69 Å². The summed E-state index contributed by atoms with van der Waals surface area (Å²) in [6, 6.07) is 13.2. The monoisotopic (exact) mass is 547 g/mol. The van der Waals surface area contributed by atoms with Gasteiger partial charge in [0.2, 0.25) is 5.91 Å². The van der Waals surface area contributed by atoms with Crippen LogP contribution in [0.15, 0.2) is 48.5 Å². The number of amides is 2. The molecule has 4 rings (SSSR count). The fraction of sp³-hybridized carbons (Fsp3) is 0.346. The van der Waals surface area contributed by atoms with Gasteiger partial charge in [-0.1, -0.05) is 48.2 Å². The van der Waals surface area contributed by atoms with Crippen LogP contribution in [0.4, 0.5) is 5.69 Å². The number of carbonyl (C=O) groups excluding carboxylic acids is 2. The van der Waals surface area contributed by atoms with Crippen LogP contribution in [-0.2, 0) is 4.79 Å². The summed E-state index contributed by atoms with van der Waals surface area (Å²) >= 11 is 13.4. The smallest absolute Gasteiger partial charge is 0.280 e. The predicted molar refractivity (Wildman–Crippen MR) is 143 cm³/mol. The van der Waals surface area contributed by atoms with Crippen LogP contribution in [0.3, 0.4) is 0 Å². The van der Waals surface area contributed by atoms with Gasteiger partial charge in [0, 0.05) is 11.7 Å². The third-order valence-corrected chi connectivity index (χ3v) is 7.70. The van der Waals surface area contributed by atoms with Crippen molar-refractivity contribution in [1.29, 1.82) is 0 Å². The average Bonchev–Trinajstić information content (AvgIpc) is 3.52. The summed E-state index contributed by atoms with van der Waals surface area (Å²) in [4.78, 5) is 29.2.